The highest BCUT2D eigenvalue weighted by molar-refractivity contribution is 5.37. The third-order valence-electron chi connectivity index (χ3n) is 2.69. The van der Waals surface area contributed by atoms with Crippen LogP contribution in [0.4, 0.5) is 4.39 Å². The van der Waals surface area contributed by atoms with Gasteiger partial charge >= 0.3 is 0 Å². The molecule has 4 heteroatoms. The van der Waals surface area contributed by atoms with Gasteiger partial charge in [-0.15, -0.1) is 0 Å². The zero-order chi connectivity index (χ0) is 11.4. The molecule has 1 aromatic rings. The molecular weight excluding hydrogens is 207 g/mol. The molecule has 0 spiro atoms. The van der Waals surface area contributed by atoms with E-state index in [4.69, 9.17) is 10.00 Å². The SMILES string of the molecule is N#Cc1cc(F)ccc1CN1CCOCC1. The van der Waals surface area contributed by atoms with Crippen molar-refractivity contribution in [1.82, 2.24) is 4.90 Å². The number of benzene rings is 1. The van der Waals surface area contributed by atoms with Crippen LogP contribution in [0, 0.1) is 17.1 Å². The summed E-state index contributed by atoms with van der Waals surface area (Å²) in [6.45, 7) is 3.86. The standard InChI is InChI=1S/C12H13FN2O/c13-12-2-1-10(11(7-12)8-14)9-15-3-5-16-6-4-15/h1-2,7H,3-6,9H2. The molecule has 1 aromatic carbocycles. The Labute approximate surface area is 94.0 Å². The molecule has 84 valence electrons. The Hall–Kier alpha value is -1.44. The predicted octanol–water partition coefficient (Wildman–Crippen LogP) is 1.53. The van der Waals surface area contributed by atoms with Crippen LogP contribution in [0.1, 0.15) is 11.1 Å². The smallest absolute Gasteiger partial charge is 0.124 e. The quantitative estimate of drug-likeness (QED) is 0.758. The zero-order valence-electron chi connectivity index (χ0n) is 8.95. The van der Waals surface area contributed by atoms with E-state index in [-0.39, 0.29) is 5.82 Å². The number of morpholine rings is 1. The Bertz CT molecular complexity index is 408. The van der Waals surface area contributed by atoms with Gasteiger partial charge in [0.05, 0.1) is 24.8 Å². The summed E-state index contributed by atoms with van der Waals surface area (Å²) in [5.41, 5.74) is 1.30. The molecule has 1 saturated heterocycles. The summed E-state index contributed by atoms with van der Waals surface area (Å²) in [5, 5.41) is 8.91. The highest BCUT2D eigenvalue weighted by Gasteiger charge is 2.13. The molecular formula is C12H13FN2O. The number of halogens is 1. The lowest BCUT2D eigenvalue weighted by molar-refractivity contribution is 0.0341. The Morgan fingerprint density at radius 3 is 2.81 bits per heavy atom. The van der Waals surface area contributed by atoms with Crippen molar-refractivity contribution in [2.75, 3.05) is 26.3 Å². The van der Waals surface area contributed by atoms with Crippen molar-refractivity contribution in [3.8, 4) is 6.07 Å². The molecule has 1 aliphatic rings. The Morgan fingerprint density at radius 2 is 2.12 bits per heavy atom. The van der Waals surface area contributed by atoms with Gasteiger partial charge in [0.2, 0.25) is 0 Å². The number of nitriles is 1. The Kier molecular flexibility index (Phi) is 3.50. The molecule has 16 heavy (non-hydrogen) atoms. The van der Waals surface area contributed by atoms with Crippen LogP contribution in [-0.2, 0) is 11.3 Å². The molecule has 0 aliphatic carbocycles. The molecule has 0 atom stereocenters. The van der Waals surface area contributed by atoms with Gasteiger partial charge in [-0.2, -0.15) is 5.26 Å². The van der Waals surface area contributed by atoms with Crippen LogP contribution >= 0.6 is 0 Å². The molecule has 3 nitrogen and oxygen atoms in total. The third-order valence-corrected chi connectivity index (χ3v) is 2.69. The maximum absolute atomic E-state index is 12.9. The van der Waals surface area contributed by atoms with Crippen molar-refractivity contribution >= 4 is 0 Å². The van der Waals surface area contributed by atoms with Gasteiger partial charge in [-0.1, -0.05) is 6.07 Å². The lowest BCUT2D eigenvalue weighted by Gasteiger charge is -2.26. The summed E-state index contributed by atoms with van der Waals surface area (Å²) >= 11 is 0. The minimum Gasteiger partial charge on any atom is -0.379 e. The summed E-state index contributed by atoms with van der Waals surface area (Å²) in [6.07, 6.45) is 0. The molecule has 0 amide bonds. The van der Waals surface area contributed by atoms with Crippen molar-refractivity contribution in [3.05, 3.63) is 35.1 Å². The van der Waals surface area contributed by atoms with Crippen molar-refractivity contribution in [1.29, 1.82) is 5.26 Å². The van der Waals surface area contributed by atoms with Crippen molar-refractivity contribution in [2.24, 2.45) is 0 Å². The van der Waals surface area contributed by atoms with Gasteiger partial charge in [0.1, 0.15) is 5.82 Å². The number of hydrogen-bond acceptors (Lipinski definition) is 3. The first-order valence-corrected chi connectivity index (χ1v) is 5.28. The van der Waals surface area contributed by atoms with Crippen LogP contribution in [0.3, 0.4) is 0 Å². The highest BCUT2D eigenvalue weighted by Crippen LogP contribution is 2.13. The van der Waals surface area contributed by atoms with Crippen LogP contribution < -0.4 is 0 Å². The highest BCUT2D eigenvalue weighted by atomic mass is 19.1. The predicted molar refractivity (Wildman–Crippen MR) is 57.2 cm³/mol. The van der Waals surface area contributed by atoms with E-state index in [9.17, 15) is 4.39 Å². The fraction of sp³-hybridized carbons (Fsp3) is 0.417. The molecule has 1 fully saturated rings. The molecule has 0 bridgehead atoms. The van der Waals surface area contributed by atoms with E-state index in [2.05, 4.69) is 4.90 Å². The van der Waals surface area contributed by atoms with Crippen molar-refractivity contribution in [3.63, 3.8) is 0 Å². The van der Waals surface area contributed by atoms with E-state index >= 15 is 0 Å². The van der Waals surface area contributed by atoms with Gasteiger partial charge in [-0.25, -0.2) is 4.39 Å². The topological polar surface area (TPSA) is 36.3 Å². The minimum atomic E-state index is -0.359. The molecule has 0 aromatic heterocycles. The number of ether oxygens (including phenoxy) is 1. The van der Waals surface area contributed by atoms with Gasteiger partial charge in [0, 0.05) is 19.6 Å². The van der Waals surface area contributed by atoms with E-state index in [1.165, 1.54) is 12.1 Å². The summed E-state index contributed by atoms with van der Waals surface area (Å²) < 4.78 is 18.2. The van der Waals surface area contributed by atoms with Gasteiger partial charge in [-0.05, 0) is 17.7 Å². The average Bonchev–Trinajstić information content (AvgIpc) is 2.33. The fourth-order valence-electron chi connectivity index (χ4n) is 1.79. The molecule has 2 rings (SSSR count). The first kappa shape index (κ1) is 11.1. The van der Waals surface area contributed by atoms with Gasteiger partial charge < -0.3 is 4.74 Å². The maximum Gasteiger partial charge on any atom is 0.124 e. The second-order valence-electron chi connectivity index (χ2n) is 3.80. The summed E-state index contributed by atoms with van der Waals surface area (Å²) in [4.78, 5) is 2.21. The molecule has 1 heterocycles. The van der Waals surface area contributed by atoms with Crippen LogP contribution in [-0.4, -0.2) is 31.2 Å². The molecule has 0 unspecified atom stereocenters. The minimum absolute atomic E-state index is 0.359. The monoisotopic (exact) mass is 220 g/mol. The zero-order valence-corrected chi connectivity index (χ0v) is 8.95. The Morgan fingerprint density at radius 1 is 1.38 bits per heavy atom. The average molecular weight is 220 g/mol. The Balaban J connectivity index is 2.11. The lowest BCUT2D eigenvalue weighted by Crippen LogP contribution is -2.35. The van der Waals surface area contributed by atoms with Crippen LogP contribution in [0.15, 0.2) is 18.2 Å². The van der Waals surface area contributed by atoms with Gasteiger partial charge in [0.25, 0.3) is 0 Å². The molecule has 1 aliphatic heterocycles. The molecule has 0 radical (unpaired) electrons. The van der Waals surface area contributed by atoms with Crippen molar-refractivity contribution in [2.45, 2.75) is 6.54 Å². The molecule has 0 saturated carbocycles. The second kappa shape index (κ2) is 5.06. The summed E-state index contributed by atoms with van der Waals surface area (Å²) in [5.74, 6) is -0.359. The van der Waals surface area contributed by atoms with Crippen LogP contribution in [0.25, 0.3) is 0 Å². The normalized spacial score (nSPS) is 17.0. The largest absolute Gasteiger partial charge is 0.379 e. The van der Waals surface area contributed by atoms with Crippen LogP contribution in [0.2, 0.25) is 0 Å². The van der Waals surface area contributed by atoms with E-state index < -0.39 is 0 Å². The summed E-state index contributed by atoms with van der Waals surface area (Å²) in [6, 6.07) is 6.40. The number of hydrogen-bond donors (Lipinski definition) is 0. The maximum atomic E-state index is 12.9. The molecule has 0 N–H and O–H groups in total. The third kappa shape index (κ3) is 2.57. The van der Waals surface area contributed by atoms with Gasteiger partial charge in [-0.3, -0.25) is 4.90 Å². The van der Waals surface area contributed by atoms with Crippen molar-refractivity contribution < 1.29 is 9.13 Å². The first-order valence-electron chi connectivity index (χ1n) is 5.28. The number of rotatable bonds is 2. The first-order chi connectivity index (χ1) is 7.79. The lowest BCUT2D eigenvalue weighted by atomic mass is 10.1. The van der Waals surface area contributed by atoms with E-state index in [0.717, 1.165) is 31.9 Å². The van der Waals surface area contributed by atoms with Crippen LogP contribution in [0.5, 0.6) is 0 Å². The second-order valence-corrected chi connectivity index (χ2v) is 3.80. The summed E-state index contributed by atoms with van der Waals surface area (Å²) in [7, 11) is 0. The van der Waals surface area contributed by atoms with E-state index in [0.29, 0.717) is 12.1 Å². The number of nitrogens with zero attached hydrogens (tertiary/aromatic N) is 2. The van der Waals surface area contributed by atoms with E-state index in [1.54, 1.807) is 6.07 Å². The fourth-order valence-corrected chi connectivity index (χ4v) is 1.79. The van der Waals surface area contributed by atoms with Gasteiger partial charge in [0.15, 0.2) is 0 Å². The van der Waals surface area contributed by atoms with E-state index in [1.807, 2.05) is 6.07 Å².